The molecule has 7 heteroatoms. The molecule has 0 saturated heterocycles. The Hall–Kier alpha value is -0.270. The van der Waals surface area contributed by atoms with Gasteiger partial charge in [-0.15, -0.1) is 0 Å². The molecule has 2 N–H and O–H groups in total. The quantitative estimate of drug-likeness (QED) is 0.861. The predicted molar refractivity (Wildman–Crippen MR) is 61.3 cm³/mol. The Labute approximate surface area is 107 Å². The van der Waals surface area contributed by atoms with Gasteiger partial charge in [0.05, 0.1) is 15.5 Å². The molecule has 0 aliphatic carbocycles. The van der Waals surface area contributed by atoms with E-state index in [9.17, 15) is 18.3 Å². The second-order valence-electron chi connectivity index (χ2n) is 3.13. The zero-order valence-electron chi connectivity index (χ0n) is 7.91. The van der Waals surface area contributed by atoms with Crippen LogP contribution in [-0.2, 0) is 6.54 Å². The number of benzene rings is 1. The van der Waals surface area contributed by atoms with E-state index in [-0.39, 0.29) is 12.3 Å². The predicted octanol–water partition coefficient (Wildman–Crippen LogP) is 3.57. The zero-order chi connectivity index (χ0) is 12.3. The van der Waals surface area contributed by atoms with Crippen LogP contribution >= 0.6 is 31.9 Å². The number of hydrogen-bond acceptors (Lipinski definition) is 2. The SMILES string of the molecule is Oc1c(Br)cc(CNCC(F)(F)F)cc1Br. The van der Waals surface area contributed by atoms with Gasteiger partial charge in [0.25, 0.3) is 0 Å². The van der Waals surface area contributed by atoms with E-state index in [4.69, 9.17) is 0 Å². The molecular weight excluding hydrogens is 355 g/mol. The molecule has 0 aliphatic heterocycles. The molecule has 0 fully saturated rings. The van der Waals surface area contributed by atoms with Crippen LogP contribution in [0.3, 0.4) is 0 Å². The highest BCUT2D eigenvalue weighted by atomic mass is 79.9. The molecule has 90 valence electrons. The topological polar surface area (TPSA) is 32.3 Å². The zero-order valence-corrected chi connectivity index (χ0v) is 11.1. The maximum Gasteiger partial charge on any atom is 0.401 e. The van der Waals surface area contributed by atoms with Gasteiger partial charge in [-0.25, -0.2) is 0 Å². The van der Waals surface area contributed by atoms with Crippen LogP contribution in [0.25, 0.3) is 0 Å². The lowest BCUT2D eigenvalue weighted by molar-refractivity contribution is -0.125. The fraction of sp³-hybridized carbons (Fsp3) is 0.333. The Morgan fingerprint density at radius 1 is 1.19 bits per heavy atom. The minimum atomic E-state index is -4.22. The van der Waals surface area contributed by atoms with Crippen LogP contribution in [0.2, 0.25) is 0 Å². The molecule has 1 rings (SSSR count). The molecule has 0 atom stereocenters. The molecule has 0 radical (unpaired) electrons. The molecule has 2 nitrogen and oxygen atoms in total. The first-order valence-corrected chi connectivity index (χ1v) is 5.82. The second kappa shape index (κ2) is 5.37. The van der Waals surface area contributed by atoms with E-state index in [1.165, 1.54) is 0 Å². The van der Waals surface area contributed by atoms with Crippen molar-refractivity contribution in [2.24, 2.45) is 0 Å². The van der Waals surface area contributed by atoms with Gasteiger partial charge in [0, 0.05) is 6.54 Å². The number of hydrogen-bond donors (Lipinski definition) is 2. The van der Waals surface area contributed by atoms with Crippen molar-refractivity contribution < 1.29 is 18.3 Å². The Bertz CT molecular complexity index is 359. The molecule has 1 aromatic carbocycles. The van der Waals surface area contributed by atoms with Crippen molar-refractivity contribution in [3.8, 4) is 5.75 Å². The van der Waals surface area contributed by atoms with Crippen LogP contribution in [0.4, 0.5) is 13.2 Å². The summed E-state index contributed by atoms with van der Waals surface area (Å²) in [6, 6.07) is 3.12. The number of alkyl halides is 3. The van der Waals surface area contributed by atoms with Crippen molar-refractivity contribution in [1.82, 2.24) is 5.32 Å². The molecular formula is C9H8Br2F3NO. The molecule has 16 heavy (non-hydrogen) atoms. The van der Waals surface area contributed by atoms with Gasteiger partial charge < -0.3 is 10.4 Å². The molecule has 0 spiro atoms. The van der Waals surface area contributed by atoms with E-state index in [1.807, 2.05) is 0 Å². The average molecular weight is 363 g/mol. The summed E-state index contributed by atoms with van der Waals surface area (Å²) in [6.45, 7) is -0.958. The van der Waals surface area contributed by atoms with Crippen molar-refractivity contribution in [3.05, 3.63) is 26.6 Å². The summed E-state index contributed by atoms with van der Waals surface area (Å²) in [5, 5.41) is 11.7. The third-order valence-corrected chi connectivity index (χ3v) is 2.94. The van der Waals surface area contributed by atoms with Crippen LogP contribution in [0.1, 0.15) is 5.56 Å². The smallest absolute Gasteiger partial charge is 0.401 e. The minimum absolute atomic E-state index is 0.0274. The second-order valence-corrected chi connectivity index (χ2v) is 4.84. The highest BCUT2D eigenvalue weighted by Crippen LogP contribution is 2.33. The monoisotopic (exact) mass is 361 g/mol. The number of halogens is 5. The molecule has 1 aromatic rings. The standard InChI is InChI=1S/C9H8Br2F3NO/c10-6-1-5(2-7(11)8(6)16)3-15-4-9(12,13)14/h1-2,15-16H,3-4H2. The van der Waals surface area contributed by atoms with Crippen LogP contribution in [-0.4, -0.2) is 17.8 Å². The number of phenolic OH excluding ortho intramolecular Hbond substituents is 1. The van der Waals surface area contributed by atoms with Gasteiger partial charge in [-0.05, 0) is 49.6 Å². The largest absolute Gasteiger partial charge is 0.506 e. The average Bonchev–Trinajstić information content (AvgIpc) is 2.12. The Morgan fingerprint density at radius 2 is 1.69 bits per heavy atom. The summed E-state index contributed by atoms with van der Waals surface area (Å²) in [5.74, 6) is 0.0274. The first kappa shape index (κ1) is 13.8. The fourth-order valence-corrected chi connectivity index (χ4v) is 2.35. The summed E-state index contributed by atoms with van der Waals surface area (Å²) in [5.41, 5.74) is 0.640. The number of nitrogens with one attached hydrogen (secondary N) is 1. The Balaban J connectivity index is 2.62. The molecule has 0 unspecified atom stereocenters. The minimum Gasteiger partial charge on any atom is -0.506 e. The normalized spacial score (nSPS) is 11.8. The van der Waals surface area contributed by atoms with Gasteiger partial charge in [0.1, 0.15) is 5.75 Å². The molecule has 0 aromatic heterocycles. The first-order chi connectivity index (χ1) is 7.29. The lowest BCUT2D eigenvalue weighted by Crippen LogP contribution is -2.28. The molecule has 0 bridgehead atoms. The van der Waals surface area contributed by atoms with Gasteiger partial charge in [0.15, 0.2) is 0 Å². The van der Waals surface area contributed by atoms with Crippen molar-refractivity contribution in [1.29, 1.82) is 0 Å². The summed E-state index contributed by atoms with van der Waals surface area (Å²) in [7, 11) is 0. The van der Waals surface area contributed by atoms with Crippen molar-refractivity contribution in [3.63, 3.8) is 0 Å². The van der Waals surface area contributed by atoms with E-state index >= 15 is 0 Å². The van der Waals surface area contributed by atoms with Crippen LogP contribution in [0.15, 0.2) is 21.1 Å². The lowest BCUT2D eigenvalue weighted by atomic mass is 10.2. The van der Waals surface area contributed by atoms with Crippen LogP contribution < -0.4 is 5.32 Å². The van der Waals surface area contributed by atoms with Crippen LogP contribution in [0, 0.1) is 0 Å². The number of phenols is 1. The highest BCUT2D eigenvalue weighted by Gasteiger charge is 2.26. The number of aromatic hydroxyl groups is 1. The number of rotatable bonds is 3. The summed E-state index contributed by atoms with van der Waals surface area (Å²) in [4.78, 5) is 0. The van der Waals surface area contributed by atoms with E-state index in [0.717, 1.165) is 0 Å². The van der Waals surface area contributed by atoms with Gasteiger partial charge in [0.2, 0.25) is 0 Å². The van der Waals surface area contributed by atoms with Gasteiger partial charge in [-0.3, -0.25) is 0 Å². The third-order valence-electron chi connectivity index (χ3n) is 1.73. The summed E-state index contributed by atoms with van der Waals surface area (Å²) < 4.78 is 36.5. The maximum atomic E-state index is 11.9. The first-order valence-electron chi connectivity index (χ1n) is 4.24. The molecule has 0 saturated carbocycles. The maximum absolute atomic E-state index is 11.9. The van der Waals surface area contributed by atoms with E-state index in [0.29, 0.717) is 14.5 Å². The molecule has 0 aliphatic rings. The van der Waals surface area contributed by atoms with Crippen molar-refractivity contribution >= 4 is 31.9 Å². The molecule has 0 heterocycles. The fourth-order valence-electron chi connectivity index (χ4n) is 1.07. The van der Waals surface area contributed by atoms with Crippen LogP contribution in [0.5, 0.6) is 5.75 Å². The van der Waals surface area contributed by atoms with Gasteiger partial charge in [-0.1, -0.05) is 0 Å². The van der Waals surface area contributed by atoms with Crippen molar-refractivity contribution in [2.75, 3.05) is 6.54 Å². The van der Waals surface area contributed by atoms with E-state index in [1.54, 1.807) is 12.1 Å². The van der Waals surface area contributed by atoms with E-state index in [2.05, 4.69) is 37.2 Å². The Kier molecular flexibility index (Phi) is 4.63. The van der Waals surface area contributed by atoms with Gasteiger partial charge >= 0.3 is 6.18 Å². The van der Waals surface area contributed by atoms with Crippen molar-refractivity contribution in [2.45, 2.75) is 12.7 Å². The van der Waals surface area contributed by atoms with E-state index < -0.39 is 12.7 Å². The van der Waals surface area contributed by atoms with Gasteiger partial charge in [-0.2, -0.15) is 13.2 Å². The third kappa shape index (κ3) is 4.31. The Morgan fingerprint density at radius 3 is 2.12 bits per heavy atom. The summed E-state index contributed by atoms with van der Waals surface area (Å²) >= 11 is 6.20. The molecule has 0 amide bonds. The highest BCUT2D eigenvalue weighted by molar-refractivity contribution is 9.11. The summed E-state index contributed by atoms with van der Waals surface area (Å²) in [6.07, 6.45) is -4.22. The lowest BCUT2D eigenvalue weighted by Gasteiger charge is -2.09.